The number of nitrogens with two attached hydrogens (primary N) is 1. The SMILES string of the molecule is CC(C)S(=O)(=O)NCCCC(N)=NO. The lowest BCUT2D eigenvalue weighted by molar-refractivity contribution is 0.316. The van der Waals surface area contributed by atoms with Crippen molar-refractivity contribution in [1.82, 2.24) is 4.72 Å². The number of oxime groups is 1. The maximum Gasteiger partial charge on any atom is 0.213 e. The third-order valence-corrected chi connectivity index (χ3v) is 3.51. The van der Waals surface area contributed by atoms with Gasteiger partial charge in [-0.1, -0.05) is 5.16 Å². The number of rotatable bonds is 6. The van der Waals surface area contributed by atoms with E-state index in [1.54, 1.807) is 13.8 Å². The summed E-state index contributed by atoms with van der Waals surface area (Å²) in [5, 5.41) is 10.5. The number of hydrogen-bond donors (Lipinski definition) is 3. The van der Waals surface area contributed by atoms with Gasteiger partial charge in [-0.2, -0.15) is 0 Å². The third kappa shape index (κ3) is 5.03. The molecule has 14 heavy (non-hydrogen) atoms. The van der Waals surface area contributed by atoms with Crippen molar-refractivity contribution in [3.05, 3.63) is 0 Å². The van der Waals surface area contributed by atoms with Crippen molar-refractivity contribution in [1.29, 1.82) is 0 Å². The zero-order chi connectivity index (χ0) is 11.2. The average molecular weight is 223 g/mol. The molecule has 0 aromatic rings. The molecule has 4 N–H and O–H groups in total. The van der Waals surface area contributed by atoms with Crippen LogP contribution in [0.1, 0.15) is 26.7 Å². The Morgan fingerprint density at radius 2 is 2.14 bits per heavy atom. The van der Waals surface area contributed by atoms with Gasteiger partial charge in [0.2, 0.25) is 10.0 Å². The van der Waals surface area contributed by atoms with Crippen molar-refractivity contribution in [3.8, 4) is 0 Å². The summed E-state index contributed by atoms with van der Waals surface area (Å²) >= 11 is 0. The van der Waals surface area contributed by atoms with Crippen LogP contribution in [-0.4, -0.2) is 31.3 Å². The molecule has 0 spiro atoms. The lowest BCUT2D eigenvalue weighted by Gasteiger charge is -2.08. The number of hydrogen-bond acceptors (Lipinski definition) is 4. The maximum absolute atomic E-state index is 11.2. The van der Waals surface area contributed by atoms with E-state index in [-0.39, 0.29) is 5.84 Å². The zero-order valence-electron chi connectivity index (χ0n) is 8.40. The molecule has 6 nitrogen and oxygen atoms in total. The third-order valence-electron chi connectivity index (χ3n) is 1.66. The smallest absolute Gasteiger partial charge is 0.213 e. The van der Waals surface area contributed by atoms with Gasteiger partial charge in [-0.3, -0.25) is 0 Å². The summed E-state index contributed by atoms with van der Waals surface area (Å²) in [4.78, 5) is 0. The lowest BCUT2D eigenvalue weighted by Crippen LogP contribution is -2.32. The van der Waals surface area contributed by atoms with Gasteiger partial charge in [0.05, 0.1) is 5.25 Å². The molecule has 0 aromatic carbocycles. The monoisotopic (exact) mass is 223 g/mol. The van der Waals surface area contributed by atoms with E-state index in [9.17, 15) is 8.42 Å². The highest BCUT2D eigenvalue weighted by Crippen LogP contribution is 1.96. The first-order valence-electron chi connectivity index (χ1n) is 4.35. The zero-order valence-corrected chi connectivity index (χ0v) is 9.21. The maximum atomic E-state index is 11.2. The fourth-order valence-corrected chi connectivity index (χ4v) is 1.46. The predicted molar refractivity (Wildman–Crippen MR) is 54.7 cm³/mol. The molecule has 0 radical (unpaired) electrons. The normalized spacial score (nSPS) is 13.5. The molecule has 0 atom stereocenters. The second-order valence-electron chi connectivity index (χ2n) is 3.18. The standard InChI is InChI=1S/C7H17N3O3S/c1-6(2)14(12,13)9-5-3-4-7(8)10-11/h6,9,11H,3-5H2,1-2H3,(H2,8,10). The minimum atomic E-state index is -3.20. The highest BCUT2D eigenvalue weighted by Gasteiger charge is 2.13. The summed E-state index contributed by atoms with van der Waals surface area (Å²) in [5.41, 5.74) is 5.21. The Bertz CT molecular complexity index is 285. The van der Waals surface area contributed by atoms with Crippen LogP contribution in [-0.2, 0) is 10.0 Å². The van der Waals surface area contributed by atoms with Crippen molar-refractivity contribution >= 4 is 15.9 Å². The largest absolute Gasteiger partial charge is 0.409 e. The Labute approximate surface area is 84.2 Å². The van der Waals surface area contributed by atoms with E-state index in [0.29, 0.717) is 19.4 Å². The van der Waals surface area contributed by atoms with Gasteiger partial charge in [-0.25, -0.2) is 13.1 Å². The summed E-state index contributed by atoms with van der Waals surface area (Å²) in [5.74, 6) is 0.105. The van der Waals surface area contributed by atoms with Crippen LogP contribution in [0.15, 0.2) is 5.16 Å². The van der Waals surface area contributed by atoms with E-state index in [1.807, 2.05) is 0 Å². The molecule has 0 aliphatic rings. The quantitative estimate of drug-likeness (QED) is 0.191. The van der Waals surface area contributed by atoms with Crippen LogP contribution in [0.4, 0.5) is 0 Å². The summed E-state index contributed by atoms with van der Waals surface area (Å²) in [6.45, 7) is 3.51. The summed E-state index contributed by atoms with van der Waals surface area (Å²) in [7, 11) is -3.20. The van der Waals surface area contributed by atoms with Crippen LogP contribution in [0.2, 0.25) is 0 Å². The first-order valence-corrected chi connectivity index (χ1v) is 5.89. The van der Waals surface area contributed by atoms with E-state index in [1.165, 1.54) is 0 Å². The van der Waals surface area contributed by atoms with Crippen LogP contribution < -0.4 is 10.5 Å². The van der Waals surface area contributed by atoms with E-state index in [4.69, 9.17) is 10.9 Å². The highest BCUT2D eigenvalue weighted by atomic mass is 32.2. The second kappa shape index (κ2) is 5.82. The summed E-state index contributed by atoms with van der Waals surface area (Å²) < 4.78 is 24.9. The molecule has 0 aromatic heterocycles. The lowest BCUT2D eigenvalue weighted by atomic mass is 10.3. The number of amidine groups is 1. The molecule has 0 aliphatic heterocycles. The van der Waals surface area contributed by atoms with Gasteiger partial charge in [-0.05, 0) is 20.3 Å². The fourth-order valence-electron chi connectivity index (χ4n) is 0.701. The topological polar surface area (TPSA) is 105 Å². The fraction of sp³-hybridized carbons (Fsp3) is 0.857. The average Bonchev–Trinajstić information content (AvgIpc) is 2.11. The van der Waals surface area contributed by atoms with E-state index >= 15 is 0 Å². The van der Waals surface area contributed by atoms with E-state index in [2.05, 4.69) is 9.88 Å². The molecule has 0 saturated heterocycles. The van der Waals surface area contributed by atoms with Crippen molar-refractivity contribution in [2.24, 2.45) is 10.9 Å². The van der Waals surface area contributed by atoms with Gasteiger partial charge < -0.3 is 10.9 Å². The van der Waals surface area contributed by atoms with Gasteiger partial charge in [0.15, 0.2) is 0 Å². The Balaban J connectivity index is 3.76. The summed E-state index contributed by atoms with van der Waals surface area (Å²) in [6.07, 6.45) is 0.888. The first kappa shape index (κ1) is 13.2. The van der Waals surface area contributed by atoms with Gasteiger partial charge in [0.25, 0.3) is 0 Å². The van der Waals surface area contributed by atoms with Crippen molar-refractivity contribution in [3.63, 3.8) is 0 Å². The number of nitrogens with one attached hydrogen (secondary N) is 1. The Kier molecular flexibility index (Phi) is 5.47. The second-order valence-corrected chi connectivity index (χ2v) is 5.50. The highest BCUT2D eigenvalue weighted by molar-refractivity contribution is 7.90. The molecule has 0 aliphatic carbocycles. The molecule has 0 amide bonds. The van der Waals surface area contributed by atoms with Crippen LogP contribution in [0, 0.1) is 0 Å². The van der Waals surface area contributed by atoms with E-state index < -0.39 is 15.3 Å². The van der Waals surface area contributed by atoms with E-state index in [0.717, 1.165) is 0 Å². The van der Waals surface area contributed by atoms with Gasteiger partial charge in [-0.15, -0.1) is 0 Å². The molecule has 0 rings (SSSR count). The molecule has 7 heteroatoms. The van der Waals surface area contributed by atoms with Crippen LogP contribution in [0.25, 0.3) is 0 Å². The Morgan fingerprint density at radius 3 is 2.57 bits per heavy atom. The molecular formula is C7H17N3O3S. The molecule has 0 saturated carbocycles. The van der Waals surface area contributed by atoms with Crippen molar-refractivity contribution < 1.29 is 13.6 Å². The molecular weight excluding hydrogens is 206 g/mol. The minimum Gasteiger partial charge on any atom is -0.409 e. The van der Waals surface area contributed by atoms with Crippen LogP contribution >= 0.6 is 0 Å². The number of nitrogens with zero attached hydrogens (tertiary/aromatic N) is 1. The van der Waals surface area contributed by atoms with Gasteiger partial charge >= 0.3 is 0 Å². The van der Waals surface area contributed by atoms with Crippen LogP contribution in [0.5, 0.6) is 0 Å². The first-order chi connectivity index (χ1) is 6.40. The van der Waals surface area contributed by atoms with Crippen molar-refractivity contribution in [2.75, 3.05) is 6.54 Å². The van der Waals surface area contributed by atoms with Crippen LogP contribution in [0.3, 0.4) is 0 Å². The van der Waals surface area contributed by atoms with Crippen molar-refractivity contribution in [2.45, 2.75) is 31.9 Å². The molecule has 0 bridgehead atoms. The summed E-state index contributed by atoms with van der Waals surface area (Å²) in [6, 6.07) is 0. The molecule has 0 heterocycles. The number of sulfonamides is 1. The molecule has 84 valence electrons. The molecule has 0 fully saturated rings. The molecule has 0 unspecified atom stereocenters. The minimum absolute atomic E-state index is 0.105. The predicted octanol–water partition coefficient (Wildman–Crippen LogP) is -0.159. The van der Waals surface area contributed by atoms with Gasteiger partial charge in [0.1, 0.15) is 5.84 Å². The Morgan fingerprint density at radius 1 is 1.57 bits per heavy atom. The van der Waals surface area contributed by atoms with Gasteiger partial charge in [0, 0.05) is 13.0 Å². The Hall–Kier alpha value is -0.820.